The highest BCUT2D eigenvalue weighted by Crippen LogP contribution is 2.34. The van der Waals surface area contributed by atoms with Crippen LogP contribution in [0.1, 0.15) is 13.0 Å². The molecule has 6 heteroatoms. The molecule has 0 radical (unpaired) electrons. The second-order valence-corrected chi connectivity index (χ2v) is 5.15. The first-order valence-corrected chi connectivity index (χ1v) is 6.52. The lowest BCUT2D eigenvalue weighted by molar-refractivity contribution is 0.341. The highest BCUT2D eigenvalue weighted by atomic mass is 16.5. The van der Waals surface area contributed by atoms with E-state index in [1.807, 2.05) is 30.8 Å². The van der Waals surface area contributed by atoms with Crippen molar-refractivity contribution in [3.63, 3.8) is 0 Å². The topological polar surface area (TPSA) is 65.5 Å². The number of nitrogens with two attached hydrogens (primary N) is 1. The number of nitrogen functional groups attached to an aromatic ring is 1. The minimum absolute atomic E-state index is 0.216. The zero-order valence-corrected chi connectivity index (χ0v) is 12.7. The molecule has 0 amide bonds. The van der Waals surface area contributed by atoms with Gasteiger partial charge in [0.15, 0.2) is 11.5 Å². The summed E-state index contributed by atoms with van der Waals surface area (Å²) in [5.74, 6) is 1.84. The van der Waals surface area contributed by atoms with E-state index in [9.17, 15) is 0 Å². The molecule has 2 aromatic rings. The summed E-state index contributed by atoms with van der Waals surface area (Å²) in [4.78, 5) is 6.53. The third kappa shape index (κ3) is 2.51. The monoisotopic (exact) mass is 278 g/mol. The largest absolute Gasteiger partial charge is 0.493 e. The molecular formula is C14H22N4O2. The number of fused-ring (bicyclic) bond motifs is 1. The number of aromatic nitrogens is 2. The normalized spacial score (nSPS) is 12.9. The van der Waals surface area contributed by atoms with Gasteiger partial charge in [0.2, 0.25) is 5.95 Å². The first-order chi connectivity index (χ1) is 9.47. The number of nitrogens with zero attached hydrogens (tertiary/aromatic N) is 3. The molecule has 1 aromatic carbocycles. The predicted octanol–water partition coefficient (Wildman–Crippen LogP) is 1.76. The molecule has 6 nitrogen and oxygen atoms in total. The first-order valence-electron chi connectivity index (χ1n) is 6.52. The second-order valence-electron chi connectivity index (χ2n) is 5.15. The quantitative estimate of drug-likeness (QED) is 0.902. The van der Waals surface area contributed by atoms with Gasteiger partial charge in [-0.3, -0.25) is 0 Å². The van der Waals surface area contributed by atoms with Crippen LogP contribution in [0, 0.1) is 0 Å². The van der Waals surface area contributed by atoms with Crippen LogP contribution in [0.4, 0.5) is 5.95 Å². The molecule has 1 heterocycles. The van der Waals surface area contributed by atoms with E-state index in [0.29, 0.717) is 17.4 Å². The van der Waals surface area contributed by atoms with Crippen LogP contribution in [-0.2, 0) is 0 Å². The molecule has 0 aliphatic carbocycles. The standard InChI is InChI=1S/C14H22N4O2/c1-9(8-17(2)3)18-11-7-13(20-5)12(19-4)6-10(11)16-14(18)15/h6-7,9H,8H2,1-5H3,(H2,15,16). The molecule has 1 unspecified atom stereocenters. The fourth-order valence-electron chi connectivity index (χ4n) is 2.51. The van der Waals surface area contributed by atoms with E-state index in [-0.39, 0.29) is 6.04 Å². The number of rotatable bonds is 5. The molecule has 0 aliphatic rings. The van der Waals surface area contributed by atoms with Crippen LogP contribution in [0.5, 0.6) is 11.5 Å². The number of likely N-dealkylation sites (N-methyl/N-ethyl adjacent to an activating group) is 1. The number of imidazole rings is 1. The van der Waals surface area contributed by atoms with E-state index in [0.717, 1.165) is 17.6 Å². The number of hydrogen-bond donors (Lipinski definition) is 1. The van der Waals surface area contributed by atoms with Gasteiger partial charge in [0.05, 0.1) is 25.3 Å². The van der Waals surface area contributed by atoms with E-state index < -0.39 is 0 Å². The van der Waals surface area contributed by atoms with Gasteiger partial charge in [0.1, 0.15) is 0 Å². The number of benzene rings is 1. The SMILES string of the molecule is COc1cc2nc(N)n(C(C)CN(C)C)c2cc1OC. The van der Waals surface area contributed by atoms with Crippen LogP contribution in [-0.4, -0.2) is 49.3 Å². The number of ether oxygens (including phenoxy) is 2. The Bertz CT molecular complexity index is 607. The van der Waals surface area contributed by atoms with E-state index in [1.54, 1.807) is 14.2 Å². The Hall–Kier alpha value is -1.95. The van der Waals surface area contributed by atoms with E-state index in [4.69, 9.17) is 15.2 Å². The fourth-order valence-corrected chi connectivity index (χ4v) is 2.51. The molecule has 110 valence electrons. The average Bonchev–Trinajstić information content (AvgIpc) is 2.70. The van der Waals surface area contributed by atoms with Gasteiger partial charge in [0, 0.05) is 24.7 Å². The Balaban J connectivity index is 2.57. The van der Waals surface area contributed by atoms with E-state index in [2.05, 4.69) is 16.8 Å². The average molecular weight is 278 g/mol. The molecule has 1 aromatic heterocycles. The van der Waals surface area contributed by atoms with Gasteiger partial charge in [0.25, 0.3) is 0 Å². The Kier molecular flexibility index (Phi) is 4.04. The molecule has 2 N–H and O–H groups in total. The molecule has 0 saturated carbocycles. The van der Waals surface area contributed by atoms with Crippen molar-refractivity contribution >= 4 is 17.0 Å². The maximum Gasteiger partial charge on any atom is 0.201 e. The Morgan fingerprint density at radius 1 is 1.25 bits per heavy atom. The zero-order chi connectivity index (χ0) is 14.9. The van der Waals surface area contributed by atoms with Crippen molar-refractivity contribution in [3.05, 3.63) is 12.1 Å². The summed E-state index contributed by atoms with van der Waals surface area (Å²) in [6, 6.07) is 3.99. The Morgan fingerprint density at radius 3 is 2.40 bits per heavy atom. The summed E-state index contributed by atoms with van der Waals surface area (Å²) in [7, 11) is 7.31. The van der Waals surface area contributed by atoms with Crippen molar-refractivity contribution in [1.29, 1.82) is 0 Å². The van der Waals surface area contributed by atoms with Gasteiger partial charge in [-0.15, -0.1) is 0 Å². The third-order valence-electron chi connectivity index (χ3n) is 3.29. The molecular weight excluding hydrogens is 256 g/mol. The maximum atomic E-state index is 6.06. The maximum absolute atomic E-state index is 6.06. The minimum atomic E-state index is 0.216. The van der Waals surface area contributed by atoms with Crippen molar-refractivity contribution in [2.75, 3.05) is 40.6 Å². The molecule has 0 fully saturated rings. The molecule has 0 saturated heterocycles. The van der Waals surface area contributed by atoms with Crippen LogP contribution in [0.15, 0.2) is 12.1 Å². The molecule has 0 aliphatic heterocycles. The van der Waals surface area contributed by atoms with Gasteiger partial charge in [-0.05, 0) is 21.0 Å². The predicted molar refractivity (Wildman–Crippen MR) is 80.5 cm³/mol. The fraction of sp³-hybridized carbons (Fsp3) is 0.500. The molecule has 1 atom stereocenters. The lowest BCUT2D eigenvalue weighted by Gasteiger charge is -2.20. The van der Waals surface area contributed by atoms with Crippen molar-refractivity contribution in [2.24, 2.45) is 0 Å². The van der Waals surface area contributed by atoms with Crippen molar-refractivity contribution in [1.82, 2.24) is 14.5 Å². The van der Waals surface area contributed by atoms with E-state index >= 15 is 0 Å². The molecule has 0 bridgehead atoms. The summed E-state index contributed by atoms with van der Waals surface area (Å²) in [5, 5.41) is 0. The van der Waals surface area contributed by atoms with Crippen LogP contribution in [0.3, 0.4) is 0 Å². The summed E-state index contributed by atoms with van der Waals surface area (Å²) in [6.45, 7) is 3.00. The highest BCUT2D eigenvalue weighted by molar-refractivity contribution is 5.82. The lowest BCUT2D eigenvalue weighted by atomic mass is 10.2. The van der Waals surface area contributed by atoms with Gasteiger partial charge < -0.3 is 24.7 Å². The van der Waals surface area contributed by atoms with Crippen LogP contribution >= 0.6 is 0 Å². The van der Waals surface area contributed by atoms with Gasteiger partial charge in [-0.25, -0.2) is 4.98 Å². The number of methoxy groups -OCH3 is 2. The van der Waals surface area contributed by atoms with Crippen molar-refractivity contribution in [2.45, 2.75) is 13.0 Å². The van der Waals surface area contributed by atoms with Gasteiger partial charge >= 0.3 is 0 Å². The summed E-state index contributed by atoms with van der Waals surface area (Å²) < 4.78 is 12.7. The van der Waals surface area contributed by atoms with Crippen molar-refractivity contribution in [3.8, 4) is 11.5 Å². The van der Waals surface area contributed by atoms with Crippen LogP contribution in [0.25, 0.3) is 11.0 Å². The highest BCUT2D eigenvalue weighted by Gasteiger charge is 2.17. The molecule has 2 rings (SSSR count). The Morgan fingerprint density at radius 2 is 1.85 bits per heavy atom. The lowest BCUT2D eigenvalue weighted by Crippen LogP contribution is -2.23. The zero-order valence-electron chi connectivity index (χ0n) is 12.7. The molecule has 20 heavy (non-hydrogen) atoms. The van der Waals surface area contributed by atoms with E-state index in [1.165, 1.54) is 0 Å². The Labute approximate surface area is 119 Å². The summed E-state index contributed by atoms with van der Waals surface area (Å²) >= 11 is 0. The van der Waals surface area contributed by atoms with Crippen LogP contribution in [0.2, 0.25) is 0 Å². The van der Waals surface area contributed by atoms with Crippen LogP contribution < -0.4 is 15.2 Å². The van der Waals surface area contributed by atoms with Gasteiger partial charge in [-0.2, -0.15) is 0 Å². The van der Waals surface area contributed by atoms with Gasteiger partial charge in [-0.1, -0.05) is 0 Å². The smallest absolute Gasteiger partial charge is 0.201 e. The minimum Gasteiger partial charge on any atom is -0.493 e. The third-order valence-corrected chi connectivity index (χ3v) is 3.29. The summed E-state index contributed by atoms with van der Waals surface area (Å²) in [5.41, 5.74) is 7.83. The second kappa shape index (κ2) is 5.58. The first kappa shape index (κ1) is 14.5. The van der Waals surface area contributed by atoms with Crippen molar-refractivity contribution < 1.29 is 9.47 Å². The number of anilines is 1. The molecule has 0 spiro atoms. The number of hydrogen-bond acceptors (Lipinski definition) is 5. The summed E-state index contributed by atoms with van der Waals surface area (Å²) in [6.07, 6.45) is 0.